The molecule has 2 fully saturated rings. The number of carbonyl (C=O) groups is 1. The molecule has 4 heterocycles. The van der Waals surface area contributed by atoms with Crippen LogP contribution in [-0.4, -0.2) is 48.8 Å². The van der Waals surface area contributed by atoms with Gasteiger partial charge in [-0.2, -0.15) is 5.10 Å². The second-order valence-corrected chi connectivity index (χ2v) is 9.45. The molecule has 4 aromatic rings. The molecule has 10 heteroatoms. The Morgan fingerprint density at radius 3 is 2.62 bits per heavy atom. The van der Waals surface area contributed by atoms with E-state index < -0.39 is 0 Å². The quantitative estimate of drug-likeness (QED) is 0.418. The van der Waals surface area contributed by atoms with Crippen molar-refractivity contribution < 1.29 is 13.7 Å². The summed E-state index contributed by atoms with van der Waals surface area (Å²) in [6, 6.07) is 8.24. The van der Waals surface area contributed by atoms with E-state index in [0.29, 0.717) is 57.5 Å². The number of hydrogen-bond donors (Lipinski definition) is 1. The number of likely N-dealkylation sites (tertiary alicyclic amines) is 1. The third-order valence-electron chi connectivity index (χ3n) is 6.78. The Kier molecular flexibility index (Phi) is 5.05. The summed E-state index contributed by atoms with van der Waals surface area (Å²) in [5.74, 6) is 0.866. The van der Waals surface area contributed by atoms with E-state index in [9.17, 15) is 9.18 Å². The smallest absolute Gasteiger partial charge is 0.259 e. The van der Waals surface area contributed by atoms with Crippen LogP contribution in [0.3, 0.4) is 0 Å². The third-order valence-corrected chi connectivity index (χ3v) is 7.07. The van der Waals surface area contributed by atoms with E-state index in [2.05, 4.69) is 24.9 Å². The maximum atomic E-state index is 13.7. The minimum atomic E-state index is -0.331. The fourth-order valence-corrected chi connectivity index (χ4v) is 5.12. The Morgan fingerprint density at radius 1 is 1.18 bits per heavy atom. The lowest BCUT2D eigenvalue weighted by atomic mass is 9.95. The molecule has 1 amide bonds. The Bertz CT molecular complexity index is 1440. The van der Waals surface area contributed by atoms with Gasteiger partial charge in [0.1, 0.15) is 11.6 Å². The molecule has 1 aliphatic heterocycles. The van der Waals surface area contributed by atoms with Crippen molar-refractivity contribution in [1.82, 2.24) is 29.8 Å². The number of aromatic amines is 1. The predicted octanol–water partition coefficient (Wildman–Crippen LogP) is 4.95. The number of piperidine rings is 1. The van der Waals surface area contributed by atoms with Crippen LogP contribution in [0.15, 0.2) is 34.9 Å². The second kappa shape index (κ2) is 8.12. The molecular weight excluding hydrogens is 455 g/mol. The number of H-pyrrole nitrogens is 1. The van der Waals surface area contributed by atoms with Crippen molar-refractivity contribution in [3.8, 4) is 11.3 Å². The summed E-state index contributed by atoms with van der Waals surface area (Å²) in [7, 11) is 0. The highest BCUT2D eigenvalue weighted by Gasteiger charge is 2.33. The average molecular weight is 479 g/mol. The number of fused-ring (bicyclic) bond motifs is 1. The van der Waals surface area contributed by atoms with Gasteiger partial charge in [-0.05, 0) is 75.2 Å². The first-order valence-electron chi connectivity index (χ1n) is 11.5. The molecule has 174 valence electrons. The third kappa shape index (κ3) is 3.62. The van der Waals surface area contributed by atoms with Crippen LogP contribution < -0.4 is 0 Å². The van der Waals surface area contributed by atoms with E-state index in [1.165, 1.54) is 12.1 Å². The molecule has 8 nitrogen and oxygen atoms in total. The number of benzene rings is 1. The fourth-order valence-electron chi connectivity index (χ4n) is 4.83. The molecule has 2 aliphatic rings. The van der Waals surface area contributed by atoms with Crippen LogP contribution in [0.2, 0.25) is 0 Å². The lowest BCUT2D eigenvalue weighted by Crippen LogP contribution is -2.38. The van der Waals surface area contributed by atoms with Crippen molar-refractivity contribution in [3.63, 3.8) is 0 Å². The number of rotatable bonds is 4. The minimum absolute atomic E-state index is 0.0819. The molecule has 0 bridgehead atoms. The van der Waals surface area contributed by atoms with E-state index in [1.54, 1.807) is 25.1 Å². The Labute approximate surface area is 199 Å². The normalized spacial score (nSPS) is 16.9. The number of aryl methyl sites for hydroxylation is 1. The second-order valence-electron chi connectivity index (χ2n) is 9.06. The summed E-state index contributed by atoms with van der Waals surface area (Å²) in [5, 5.41) is 12.1. The molecule has 0 spiro atoms. The Balaban J connectivity index is 1.28. The zero-order chi connectivity index (χ0) is 23.4. The van der Waals surface area contributed by atoms with E-state index in [1.807, 2.05) is 4.90 Å². The number of nitrogens with zero attached hydrogens (tertiary/aromatic N) is 5. The van der Waals surface area contributed by atoms with Crippen LogP contribution in [0, 0.1) is 17.5 Å². The van der Waals surface area contributed by atoms with Crippen molar-refractivity contribution in [1.29, 1.82) is 0 Å². The SMILES string of the molecule is Cc1noc2nc(-c3ccc(F)cc3)cc(C(=O)N3CCC(c4n[nH]c(=S)n4C4CC4)CC3)c12. The maximum absolute atomic E-state index is 13.7. The number of carbonyl (C=O) groups excluding carboxylic acids is 1. The standard InChI is InChI=1S/C24H23FN6O2S/c1-13-20-18(12-19(26-22(20)33-29-13)14-2-4-16(25)5-3-14)23(32)30-10-8-15(9-11-30)21-27-28-24(34)31(21)17-6-7-17/h2-5,12,15,17H,6-11H2,1H3,(H,28,34). The first-order chi connectivity index (χ1) is 16.5. The number of nitrogens with one attached hydrogen (secondary N) is 1. The molecule has 1 N–H and O–H groups in total. The Morgan fingerprint density at radius 2 is 1.91 bits per heavy atom. The van der Waals surface area contributed by atoms with Crippen molar-refractivity contribution in [2.75, 3.05) is 13.1 Å². The van der Waals surface area contributed by atoms with Crippen molar-refractivity contribution in [3.05, 3.63) is 58.0 Å². The monoisotopic (exact) mass is 478 g/mol. The van der Waals surface area contributed by atoms with Crippen LogP contribution >= 0.6 is 12.2 Å². The van der Waals surface area contributed by atoms with Crippen LogP contribution in [0.4, 0.5) is 4.39 Å². The van der Waals surface area contributed by atoms with Crippen LogP contribution in [0.25, 0.3) is 22.4 Å². The number of pyridine rings is 1. The Hall–Kier alpha value is -3.40. The van der Waals surface area contributed by atoms with Crippen LogP contribution in [0.5, 0.6) is 0 Å². The van der Waals surface area contributed by atoms with Crippen molar-refractivity contribution in [2.24, 2.45) is 0 Å². The van der Waals surface area contributed by atoms with Gasteiger partial charge in [-0.1, -0.05) is 5.16 Å². The van der Waals surface area contributed by atoms with Gasteiger partial charge in [0.15, 0.2) is 4.77 Å². The minimum Gasteiger partial charge on any atom is -0.339 e. The molecule has 0 atom stereocenters. The predicted molar refractivity (Wildman–Crippen MR) is 125 cm³/mol. The first kappa shape index (κ1) is 21.2. The highest BCUT2D eigenvalue weighted by atomic mass is 32.1. The molecule has 3 aromatic heterocycles. The maximum Gasteiger partial charge on any atom is 0.259 e. The van der Waals surface area contributed by atoms with Gasteiger partial charge in [-0.3, -0.25) is 9.89 Å². The van der Waals surface area contributed by atoms with Gasteiger partial charge < -0.3 is 14.0 Å². The summed E-state index contributed by atoms with van der Waals surface area (Å²) in [6.45, 7) is 3.04. The summed E-state index contributed by atoms with van der Waals surface area (Å²) in [5.41, 5.74) is 2.67. The molecule has 1 saturated carbocycles. The number of halogens is 1. The highest BCUT2D eigenvalue weighted by Crippen LogP contribution is 2.39. The van der Waals surface area contributed by atoms with Gasteiger partial charge in [-0.25, -0.2) is 9.37 Å². The highest BCUT2D eigenvalue weighted by molar-refractivity contribution is 7.71. The molecule has 1 aliphatic carbocycles. The van der Waals surface area contributed by atoms with Gasteiger partial charge in [0.25, 0.3) is 11.6 Å². The van der Waals surface area contributed by atoms with Gasteiger partial charge in [0.05, 0.1) is 22.3 Å². The summed E-state index contributed by atoms with van der Waals surface area (Å²) >= 11 is 5.43. The van der Waals surface area contributed by atoms with E-state index in [0.717, 1.165) is 31.5 Å². The van der Waals surface area contributed by atoms with E-state index >= 15 is 0 Å². The molecule has 0 unspecified atom stereocenters. The zero-order valence-corrected chi connectivity index (χ0v) is 19.4. The largest absolute Gasteiger partial charge is 0.339 e. The van der Waals surface area contributed by atoms with E-state index in [-0.39, 0.29) is 17.6 Å². The zero-order valence-electron chi connectivity index (χ0n) is 18.6. The molecular formula is C24H23FN6O2S. The average Bonchev–Trinajstić information content (AvgIpc) is 3.52. The molecule has 34 heavy (non-hydrogen) atoms. The lowest BCUT2D eigenvalue weighted by molar-refractivity contribution is 0.0712. The molecule has 1 saturated heterocycles. The van der Waals surface area contributed by atoms with Gasteiger partial charge in [0, 0.05) is 30.6 Å². The van der Waals surface area contributed by atoms with Gasteiger partial charge in [0.2, 0.25) is 0 Å². The van der Waals surface area contributed by atoms with Crippen molar-refractivity contribution in [2.45, 2.75) is 44.6 Å². The number of aromatic nitrogens is 5. The summed E-state index contributed by atoms with van der Waals surface area (Å²) < 4.78 is 21.7. The van der Waals surface area contributed by atoms with Crippen LogP contribution in [0.1, 0.15) is 59.5 Å². The summed E-state index contributed by atoms with van der Waals surface area (Å²) in [4.78, 5) is 20.1. The van der Waals surface area contributed by atoms with Gasteiger partial charge >= 0.3 is 0 Å². The molecule has 0 radical (unpaired) electrons. The molecule has 1 aromatic carbocycles. The van der Waals surface area contributed by atoms with Crippen LogP contribution in [-0.2, 0) is 0 Å². The van der Waals surface area contributed by atoms with E-state index in [4.69, 9.17) is 16.7 Å². The molecule has 6 rings (SSSR count). The first-order valence-corrected chi connectivity index (χ1v) is 11.9. The lowest BCUT2D eigenvalue weighted by Gasteiger charge is -2.32. The topological polar surface area (TPSA) is 92.8 Å². The van der Waals surface area contributed by atoms with Gasteiger partial charge in [-0.15, -0.1) is 0 Å². The number of hydrogen-bond acceptors (Lipinski definition) is 6. The van der Waals surface area contributed by atoms with Crippen molar-refractivity contribution >= 4 is 29.2 Å². The summed E-state index contributed by atoms with van der Waals surface area (Å²) in [6.07, 6.45) is 3.93. The number of amides is 1. The fraction of sp³-hybridized carbons (Fsp3) is 0.375.